The molecule has 0 spiro atoms. The first-order valence-corrected chi connectivity index (χ1v) is 5.91. The van der Waals surface area contributed by atoms with Crippen LogP contribution in [-0.2, 0) is 19.1 Å². The summed E-state index contributed by atoms with van der Waals surface area (Å²) < 4.78 is 9.60. The molecule has 0 fully saturated rings. The Morgan fingerprint density at radius 1 is 1.29 bits per heavy atom. The number of esters is 1. The number of carbonyl (C=O) groups excluding carboxylic acids is 2. The van der Waals surface area contributed by atoms with Crippen molar-refractivity contribution in [1.82, 2.24) is 4.90 Å². The molecule has 0 heterocycles. The molecule has 5 heteroatoms. The lowest BCUT2D eigenvalue weighted by molar-refractivity contribution is -0.146. The predicted octanol–water partition coefficient (Wildman–Crippen LogP) is 1.07. The number of nitrogens with zero attached hydrogens (tertiary/aromatic N) is 1. The molecule has 0 saturated carbocycles. The Morgan fingerprint density at radius 3 is 2.41 bits per heavy atom. The highest BCUT2D eigenvalue weighted by atomic mass is 16.5. The smallest absolute Gasteiger partial charge is 0.310 e. The Morgan fingerprint density at radius 2 is 1.94 bits per heavy atom. The second-order valence-electron chi connectivity index (χ2n) is 3.96. The highest BCUT2D eigenvalue weighted by Crippen LogP contribution is 2.05. The second-order valence-corrected chi connectivity index (χ2v) is 3.96. The largest absolute Gasteiger partial charge is 0.469 e. The van der Waals surface area contributed by atoms with Gasteiger partial charge in [0.15, 0.2) is 0 Å². The molecule has 100 valence electrons. The van der Waals surface area contributed by atoms with Gasteiger partial charge in [0.2, 0.25) is 5.91 Å². The number of rotatable bonds is 8. The van der Waals surface area contributed by atoms with Gasteiger partial charge < -0.3 is 14.4 Å². The molecular weight excluding hydrogens is 222 g/mol. The van der Waals surface area contributed by atoms with Gasteiger partial charge in [-0.05, 0) is 6.42 Å². The van der Waals surface area contributed by atoms with E-state index < -0.39 is 0 Å². The average molecular weight is 245 g/mol. The van der Waals surface area contributed by atoms with E-state index in [0.29, 0.717) is 26.1 Å². The minimum absolute atomic E-state index is 0.0526. The zero-order valence-electron chi connectivity index (χ0n) is 11.2. The number of hydrogen-bond donors (Lipinski definition) is 0. The zero-order chi connectivity index (χ0) is 13.3. The van der Waals surface area contributed by atoms with Crippen molar-refractivity contribution >= 4 is 11.9 Å². The normalized spacial score (nSPS) is 12.0. The monoisotopic (exact) mass is 245 g/mol. The fourth-order valence-corrected chi connectivity index (χ4v) is 1.55. The predicted molar refractivity (Wildman–Crippen MR) is 64.5 cm³/mol. The van der Waals surface area contributed by atoms with Crippen molar-refractivity contribution in [2.45, 2.75) is 26.7 Å². The van der Waals surface area contributed by atoms with Gasteiger partial charge >= 0.3 is 5.97 Å². The maximum absolute atomic E-state index is 11.7. The van der Waals surface area contributed by atoms with Gasteiger partial charge in [-0.3, -0.25) is 9.59 Å². The van der Waals surface area contributed by atoms with E-state index in [1.54, 1.807) is 18.9 Å². The highest BCUT2D eigenvalue weighted by molar-refractivity contribution is 5.77. The molecular formula is C12H23NO4. The van der Waals surface area contributed by atoms with Crippen molar-refractivity contribution in [3.63, 3.8) is 0 Å². The lowest BCUT2D eigenvalue weighted by atomic mass is 10.1. The van der Waals surface area contributed by atoms with E-state index in [4.69, 9.17) is 4.74 Å². The Bertz CT molecular complexity index is 243. The van der Waals surface area contributed by atoms with E-state index in [0.717, 1.165) is 6.42 Å². The van der Waals surface area contributed by atoms with Gasteiger partial charge in [0.1, 0.15) is 0 Å². The van der Waals surface area contributed by atoms with Crippen LogP contribution in [0.2, 0.25) is 0 Å². The summed E-state index contributed by atoms with van der Waals surface area (Å²) in [4.78, 5) is 24.7. The standard InChI is InChI=1S/C12H23NO4/c1-5-11(14)13(7-6-8-16-3)9-10(2)12(15)17-4/h10H,5-9H2,1-4H3. The van der Waals surface area contributed by atoms with Gasteiger partial charge in [-0.1, -0.05) is 13.8 Å². The number of ether oxygens (including phenoxy) is 2. The average Bonchev–Trinajstić information content (AvgIpc) is 2.35. The molecule has 0 aromatic carbocycles. The van der Waals surface area contributed by atoms with Crippen LogP contribution in [0.4, 0.5) is 0 Å². The molecule has 17 heavy (non-hydrogen) atoms. The quantitative estimate of drug-likeness (QED) is 0.474. The van der Waals surface area contributed by atoms with Crippen molar-refractivity contribution in [3.8, 4) is 0 Å². The minimum Gasteiger partial charge on any atom is -0.469 e. The first-order valence-electron chi connectivity index (χ1n) is 5.91. The summed E-state index contributed by atoms with van der Waals surface area (Å²) >= 11 is 0. The zero-order valence-corrected chi connectivity index (χ0v) is 11.2. The van der Waals surface area contributed by atoms with E-state index >= 15 is 0 Å². The van der Waals surface area contributed by atoms with Gasteiger partial charge in [0.25, 0.3) is 0 Å². The fraction of sp³-hybridized carbons (Fsp3) is 0.833. The van der Waals surface area contributed by atoms with Crippen LogP contribution in [0.1, 0.15) is 26.7 Å². The maximum atomic E-state index is 11.7. The third-order valence-corrected chi connectivity index (χ3v) is 2.53. The summed E-state index contributed by atoms with van der Waals surface area (Å²) in [7, 11) is 2.98. The summed E-state index contributed by atoms with van der Waals surface area (Å²) in [5.41, 5.74) is 0. The molecule has 5 nitrogen and oxygen atoms in total. The SMILES string of the molecule is CCC(=O)N(CCCOC)CC(C)C(=O)OC. The first-order chi connectivity index (χ1) is 8.06. The molecule has 1 unspecified atom stereocenters. The molecule has 1 amide bonds. The van der Waals surface area contributed by atoms with Crippen LogP contribution in [0.25, 0.3) is 0 Å². The van der Waals surface area contributed by atoms with Crippen LogP contribution in [-0.4, -0.2) is 50.7 Å². The van der Waals surface area contributed by atoms with E-state index in [1.807, 2.05) is 6.92 Å². The molecule has 1 atom stereocenters. The van der Waals surface area contributed by atoms with Crippen LogP contribution in [0.15, 0.2) is 0 Å². The van der Waals surface area contributed by atoms with Gasteiger partial charge in [0.05, 0.1) is 13.0 Å². The molecule has 0 aromatic heterocycles. The molecule has 0 aromatic rings. The summed E-state index contributed by atoms with van der Waals surface area (Å²) in [6.07, 6.45) is 1.22. The summed E-state index contributed by atoms with van der Waals surface area (Å²) in [6, 6.07) is 0. The molecule has 0 saturated heterocycles. The number of methoxy groups -OCH3 is 2. The van der Waals surface area contributed by atoms with E-state index in [1.165, 1.54) is 7.11 Å². The van der Waals surface area contributed by atoms with E-state index in [2.05, 4.69) is 4.74 Å². The topological polar surface area (TPSA) is 55.8 Å². The Labute approximate surface area is 103 Å². The van der Waals surface area contributed by atoms with E-state index in [9.17, 15) is 9.59 Å². The Kier molecular flexibility index (Phi) is 8.40. The Balaban J connectivity index is 4.27. The van der Waals surface area contributed by atoms with Crippen LogP contribution in [0.5, 0.6) is 0 Å². The summed E-state index contributed by atoms with van der Waals surface area (Å²) in [5, 5.41) is 0. The van der Waals surface area contributed by atoms with Crippen LogP contribution >= 0.6 is 0 Å². The van der Waals surface area contributed by atoms with Crippen molar-refractivity contribution in [2.24, 2.45) is 5.92 Å². The Hall–Kier alpha value is -1.10. The van der Waals surface area contributed by atoms with Crippen molar-refractivity contribution in [2.75, 3.05) is 33.9 Å². The van der Waals surface area contributed by atoms with Gasteiger partial charge in [-0.15, -0.1) is 0 Å². The third kappa shape index (κ3) is 6.26. The minimum atomic E-state index is -0.293. The second kappa shape index (κ2) is 8.98. The van der Waals surface area contributed by atoms with Crippen molar-refractivity contribution in [3.05, 3.63) is 0 Å². The lowest BCUT2D eigenvalue weighted by Gasteiger charge is -2.24. The van der Waals surface area contributed by atoms with Crippen LogP contribution in [0.3, 0.4) is 0 Å². The summed E-state index contributed by atoms with van der Waals surface area (Å²) in [5.74, 6) is -0.527. The lowest BCUT2D eigenvalue weighted by Crippen LogP contribution is -2.37. The molecule has 0 radical (unpaired) electrons. The maximum Gasteiger partial charge on any atom is 0.310 e. The molecule has 0 N–H and O–H groups in total. The van der Waals surface area contributed by atoms with E-state index in [-0.39, 0.29) is 17.8 Å². The first kappa shape index (κ1) is 15.9. The van der Waals surface area contributed by atoms with Crippen molar-refractivity contribution < 1.29 is 19.1 Å². The number of carbonyl (C=O) groups is 2. The fourth-order valence-electron chi connectivity index (χ4n) is 1.55. The molecule has 0 bridgehead atoms. The van der Waals surface area contributed by atoms with Gasteiger partial charge in [-0.2, -0.15) is 0 Å². The molecule has 0 rings (SSSR count). The molecule has 0 aliphatic rings. The third-order valence-electron chi connectivity index (χ3n) is 2.53. The number of hydrogen-bond acceptors (Lipinski definition) is 4. The van der Waals surface area contributed by atoms with Crippen LogP contribution in [0, 0.1) is 5.92 Å². The van der Waals surface area contributed by atoms with Gasteiger partial charge in [0, 0.05) is 33.2 Å². The van der Waals surface area contributed by atoms with Crippen molar-refractivity contribution in [1.29, 1.82) is 0 Å². The number of amides is 1. The summed E-state index contributed by atoms with van der Waals surface area (Å²) in [6.45, 7) is 5.21. The molecule has 0 aliphatic carbocycles. The highest BCUT2D eigenvalue weighted by Gasteiger charge is 2.20. The van der Waals surface area contributed by atoms with Gasteiger partial charge in [-0.25, -0.2) is 0 Å². The molecule has 0 aliphatic heterocycles. The van der Waals surface area contributed by atoms with Crippen LogP contribution < -0.4 is 0 Å².